The first-order chi connectivity index (χ1) is 18.2. The van der Waals surface area contributed by atoms with E-state index in [2.05, 4.69) is 41.2 Å². The van der Waals surface area contributed by atoms with Crippen molar-refractivity contribution < 1.29 is 20.1 Å². The fraction of sp³-hybridized carbons (Fsp3) is 0.100. The monoisotopic (exact) mass is 525 g/mol. The summed E-state index contributed by atoms with van der Waals surface area (Å²) in [6, 6.07) is 22.9. The number of azo groups is 1. The Bertz CT molecular complexity index is 1710. The number of rotatable bonds is 6. The van der Waals surface area contributed by atoms with Crippen LogP contribution in [0.4, 0.5) is 11.4 Å². The zero-order valence-electron chi connectivity index (χ0n) is 20.6. The second-order valence-electron chi connectivity index (χ2n) is 9.23. The number of phenols is 1. The predicted octanol–water partition coefficient (Wildman–Crippen LogP) is 8.80. The summed E-state index contributed by atoms with van der Waals surface area (Å²) < 4.78 is 0. The summed E-state index contributed by atoms with van der Waals surface area (Å²) in [6.45, 7) is 4.26. The van der Waals surface area contributed by atoms with Crippen molar-refractivity contribution in [2.75, 3.05) is 0 Å². The normalized spacial score (nSPS) is 11.6. The summed E-state index contributed by atoms with van der Waals surface area (Å²) in [5.74, 6) is -1.01. The minimum absolute atomic E-state index is 0.101. The molecule has 190 valence electrons. The van der Waals surface area contributed by atoms with Gasteiger partial charge in [-0.2, -0.15) is 0 Å². The molecule has 0 atom stereocenters. The third kappa shape index (κ3) is 4.71. The van der Waals surface area contributed by atoms with Crippen LogP contribution >= 0.6 is 11.6 Å². The Labute approximate surface area is 223 Å². The molecule has 0 amide bonds. The molecule has 0 unspecified atom stereocenters. The lowest BCUT2D eigenvalue weighted by molar-refractivity contribution is 0.0697. The minimum Gasteiger partial charge on any atom is -0.505 e. The molecule has 5 rings (SSSR count). The standard InChI is InChI=1S/C30H24ClN3O4/c1-16(2)17-9-11-18(12-10-17)23-14-21(31)15-24-26(23)32-29(36)27(24)34-33-25-8-4-7-22(28(25)35)19-5-3-6-20(13-19)30(37)38/h3-16,32,35-36H,1-2H3,(H,37,38). The number of phenolic OH excluding ortho intramolecular Hbond substituents is 1. The van der Waals surface area contributed by atoms with E-state index in [1.807, 2.05) is 18.2 Å². The summed E-state index contributed by atoms with van der Waals surface area (Å²) in [7, 11) is 0. The highest BCUT2D eigenvalue weighted by atomic mass is 35.5. The van der Waals surface area contributed by atoms with Crippen molar-refractivity contribution >= 4 is 39.8 Å². The molecule has 0 radical (unpaired) electrons. The number of halogens is 1. The second kappa shape index (κ2) is 10.0. The average Bonchev–Trinajstić information content (AvgIpc) is 3.22. The molecule has 4 N–H and O–H groups in total. The molecule has 8 heteroatoms. The smallest absolute Gasteiger partial charge is 0.335 e. The van der Waals surface area contributed by atoms with Crippen LogP contribution in [-0.2, 0) is 0 Å². The number of fused-ring (bicyclic) bond motifs is 1. The quantitative estimate of drug-likeness (QED) is 0.165. The molecule has 0 spiro atoms. The van der Waals surface area contributed by atoms with E-state index in [-0.39, 0.29) is 28.6 Å². The summed E-state index contributed by atoms with van der Waals surface area (Å²) in [5.41, 5.74) is 4.97. The van der Waals surface area contributed by atoms with Gasteiger partial charge in [0.15, 0.2) is 11.4 Å². The number of carbonyl (C=O) groups is 1. The molecular formula is C30H24ClN3O4. The zero-order valence-corrected chi connectivity index (χ0v) is 21.4. The summed E-state index contributed by atoms with van der Waals surface area (Å²) in [4.78, 5) is 14.3. The van der Waals surface area contributed by atoms with E-state index >= 15 is 0 Å². The highest BCUT2D eigenvalue weighted by Gasteiger charge is 2.17. The molecule has 0 saturated heterocycles. The highest BCUT2D eigenvalue weighted by molar-refractivity contribution is 6.32. The molecular weight excluding hydrogens is 502 g/mol. The summed E-state index contributed by atoms with van der Waals surface area (Å²) in [5, 5.41) is 40.4. The number of aromatic amines is 1. The van der Waals surface area contributed by atoms with Crippen LogP contribution in [0, 0.1) is 0 Å². The van der Waals surface area contributed by atoms with Gasteiger partial charge < -0.3 is 20.3 Å². The fourth-order valence-electron chi connectivity index (χ4n) is 4.38. The van der Waals surface area contributed by atoms with Gasteiger partial charge in [-0.05, 0) is 52.9 Å². The van der Waals surface area contributed by atoms with E-state index < -0.39 is 5.97 Å². The number of para-hydroxylation sites is 1. The molecule has 1 heterocycles. The van der Waals surface area contributed by atoms with Crippen LogP contribution < -0.4 is 0 Å². The number of aromatic nitrogens is 1. The van der Waals surface area contributed by atoms with Gasteiger partial charge in [0.1, 0.15) is 5.69 Å². The Morgan fingerprint density at radius 2 is 1.61 bits per heavy atom. The third-order valence-electron chi connectivity index (χ3n) is 6.41. The molecule has 0 saturated carbocycles. The number of hydrogen-bond donors (Lipinski definition) is 4. The lowest BCUT2D eigenvalue weighted by Crippen LogP contribution is -1.95. The molecule has 0 bridgehead atoms. The first-order valence-corrected chi connectivity index (χ1v) is 12.3. The predicted molar refractivity (Wildman–Crippen MR) is 149 cm³/mol. The van der Waals surface area contributed by atoms with Crippen molar-refractivity contribution in [1.82, 2.24) is 4.98 Å². The maximum Gasteiger partial charge on any atom is 0.335 e. The van der Waals surface area contributed by atoms with Gasteiger partial charge in [-0.15, -0.1) is 10.2 Å². The molecule has 1 aromatic heterocycles. The molecule has 38 heavy (non-hydrogen) atoms. The van der Waals surface area contributed by atoms with Crippen LogP contribution in [-0.4, -0.2) is 26.3 Å². The lowest BCUT2D eigenvalue weighted by Gasteiger charge is -2.09. The van der Waals surface area contributed by atoms with Crippen molar-refractivity contribution in [2.24, 2.45) is 10.2 Å². The number of H-pyrrole nitrogens is 1. The first-order valence-electron chi connectivity index (χ1n) is 11.9. The Balaban J connectivity index is 1.55. The Kier molecular flexibility index (Phi) is 6.61. The first kappa shape index (κ1) is 25.0. The number of carboxylic acid groups (broad SMARTS) is 1. The van der Waals surface area contributed by atoms with Crippen LogP contribution in [0.25, 0.3) is 33.2 Å². The second-order valence-corrected chi connectivity index (χ2v) is 9.67. The number of aromatic hydroxyl groups is 2. The largest absolute Gasteiger partial charge is 0.505 e. The van der Waals surface area contributed by atoms with E-state index in [9.17, 15) is 20.1 Å². The fourth-order valence-corrected chi connectivity index (χ4v) is 4.60. The molecule has 4 aromatic carbocycles. The van der Waals surface area contributed by atoms with Gasteiger partial charge in [0, 0.05) is 21.5 Å². The summed E-state index contributed by atoms with van der Waals surface area (Å²) in [6.07, 6.45) is 0. The topological polar surface area (TPSA) is 118 Å². The number of nitrogens with zero attached hydrogens (tertiary/aromatic N) is 2. The number of nitrogens with one attached hydrogen (secondary N) is 1. The van der Waals surface area contributed by atoms with Crippen molar-refractivity contribution in [3.05, 3.63) is 95.0 Å². The number of hydrogen-bond acceptors (Lipinski definition) is 5. The van der Waals surface area contributed by atoms with Crippen molar-refractivity contribution in [3.8, 4) is 33.9 Å². The summed E-state index contributed by atoms with van der Waals surface area (Å²) >= 11 is 6.45. The van der Waals surface area contributed by atoms with Crippen molar-refractivity contribution in [3.63, 3.8) is 0 Å². The van der Waals surface area contributed by atoms with Gasteiger partial charge in [0.2, 0.25) is 5.88 Å². The van der Waals surface area contributed by atoms with Crippen LogP contribution in [0.15, 0.2) is 89.1 Å². The third-order valence-corrected chi connectivity index (χ3v) is 6.63. The van der Waals surface area contributed by atoms with Crippen molar-refractivity contribution in [1.29, 1.82) is 0 Å². The van der Waals surface area contributed by atoms with Gasteiger partial charge >= 0.3 is 5.97 Å². The van der Waals surface area contributed by atoms with E-state index in [1.165, 1.54) is 17.7 Å². The number of benzene rings is 4. The molecule has 7 nitrogen and oxygen atoms in total. The lowest BCUT2D eigenvalue weighted by atomic mass is 9.97. The van der Waals surface area contributed by atoms with Crippen LogP contribution in [0.1, 0.15) is 35.7 Å². The molecule has 0 aliphatic carbocycles. The Morgan fingerprint density at radius 3 is 2.32 bits per heavy atom. The zero-order chi connectivity index (χ0) is 27.0. The number of carboxylic acids is 1. The van der Waals surface area contributed by atoms with Crippen LogP contribution in [0.2, 0.25) is 5.02 Å². The molecule has 0 aliphatic heterocycles. The van der Waals surface area contributed by atoms with Gasteiger partial charge in [-0.1, -0.05) is 74.0 Å². The van der Waals surface area contributed by atoms with Gasteiger partial charge in [0.25, 0.3) is 0 Å². The van der Waals surface area contributed by atoms with Crippen molar-refractivity contribution in [2.45, 2.75) is 19.8 Å². The van der Waals surface area contributed by atoms with Crippen LogP contribution in [0.3, 0.4) is 0 Å². The Hall–Kier alpha value is -4.62. The molecule has 0 fully saturated rings. The SMILES string of the molecule is CC(C)c1ccc(-c2cc(Cl)cc3c(N=Nc4cccc(-c5cccc(C(=O)O)c5)c4O)c(O)[nH]c23)cc1. The average molecular weight is 526 g/mol. The maximum atomic E-state index is 11.4. The molecule has 5 aromatic rings. The maximum absolute atomic E-state index is 11.4. The Morgan fingerprint density at radius 1 is 0.868 bits per heavy atom. The van der Waals surface area contributed by atoms with E-state index in [1.54, 1.807) is 36.4 Å². The molecule has 0 aliphatic rings. The van der Waals surface area contributed by atoms with Gasteiger partial charge in [-0.3, -0.25) is 0 Å². The highest BCUT2D eigenvalue weighted by Crippen LogP contribution is 2.44. The van der Waals surface area contributed by atoms with Gasteiger partial charge in [0.05, 0.1) is 11.1 Å². The van der Waals surface area contributed by atoms with E-state index in [4.69, 9.17) is 11.6 Å². The van der Waals surface area contributed by atoms with Gasteiger partial charge in [-0.25, -0.2) is 4.79 Å². The van der Waals surface area contributed by atoms with Crippen LogP contribution in [0.5, 0.6) is 11.6 Å². The minimum atomic E-state index is -1.06. The van der Waals surface area contributed by atoms with E-state index in [0.29, 0.717) is 33.0 Å². The number of aromatic carboxylic acids is 1. The van der Waals surface area contributed by atoms with E-state index in [0.717, 1.165) is 11.1 Å².